The van der Waals surface area contributed by atoms with Crippen LogP contribution in [0.2, 0.25) is 0 Å². The molecule has 0 radical (unpaired) electrons. The van der Waals surface area contributed by atoms with Gasteiger partial charge in [-0.05, 0) is 36.1 Å². The summed E-state index contributed by atoms with van der Waals surface area (Å²) in [6, 6.07) is 5.72. The van der Waals surface area contributed by atoms with Crippen molar-refractivity contribution >= 4 is 27.3 Å². The van der Waals surface area contributed by atoms with Crippen LogP contribution in [0.4, 0.5) is 13.2 Å². The number of amides is 1. The molecule has 0 saturated carbocycles. The summed E-state index contributed by atoms with van der Waals surface area (Å²) in [6.07, 6.45) is -2.88. The molecule has 0 saturated heterocycles. The van der Waals surface area contributed by atoms with Gasteiger partial charge in [-0.25, -0.2) is 4.68 Å². The molecular formula is C17H14F3N3O2S. The van der Waals surface area contributed by atoms with Gasteiger partial charge in [0.05, 0.1) is 27.9 Å². The fourth-order valence-electron chi connectivity index (χ4n) is 2.49. The van der Waals surface area contributed by atoms with Crippen LogP contribution in [0.3, 0.4) is 0 Å². The average molecular weight is 381 g/mol. The van der Waals surface area contributed by atoms with Gasteiger partial charge in [0.1, 0.15) is 6.54 Å². The van der Waals surface area contributed by atoms with Gasteiger partial charge in [0.2, 0.25) is 5.91 Å². The van der Waals surface area contributed by atoms with E-state index in [1.807, 2.05) is 0 Å². The molecule has 1 N–H and O–H groups in total. The third-order valence-corrected chi connectivity index (χ3v) is 4.73. The molecule has 3 rings (SSSR count). The Morgan fingerprint density at radius 3 is 2.62 bits per heavy atom. The number of thiophene rings is 1. The highest BCUT2D eigenvalue weighted by atomic mass is 32.1. The molecule has 2 heterocycles. The Labute approximate surface area is 150 Å². The fourth-order valence-corrected chi connectivity index (χ4v) is 3.23. The van der Waals surface area contributed by atoms with Crippen molar-refractivity contribution in [3.63, 3.8) is 0 Å². The fraction of sp³-hybridized carbons (Fsp3) is 0.235. The number of hydrogen-bond donors (Lipinski definition) is 1. The number of benzene rings is 1. The van der Waals surface area contributed by atoms with Crippen molar-refractivity contribution in [3.8, 4) is 0 Å². The van der Waals surface area contributed by atoms with Gasteiger partial charge in [0.15, 0.2) is 0 Å². The van der Waals surface area contributed by atoms with Gasteiger partial charge in [0.25, 0.3) is 5.56 Å². The molecule has 0 aliphatic carbocycles. The van der Waals surface area contributed by atoms with Crippen molar-refractivity contribution in [2.75, 3.05) is 0 Å². The first-order chi connectivity index (χ1) is 12.3. The van der Waals surface area contributed by atoms with Crippen molar-refractivity contribution < 1.29 is 18.0 Å². The monoisotopic (exact) mass is 381 g/mol. The standard InChI is InChI=1S/C17H14F3N3O2S/c1-10(11-2-4-12(5-3-11)17(18,19)20)22-15(24)9-23-16(25)13-6-7-26-14(13)8-21-23/h2-8,10H,9H2,1H3,(H,22,24)/t10-/m0/s1. The lowest BCUT2D eigenvalue weighted by Crippen LogP contribution is -2.34. The van der Waals surface area contributed by atoms with Crippen molar-refractivity contribution in [3.05, 3.63) is 63.4 Å². The number of carbonyl (C=O) groups excluding carboxylic acids is 1. The second-order valence-electron chi connectivity index (χ2n) is 5.71. The molecule has 0 aliphatic heterocycles. The van der Waals surface area contributed by atoms with Crippen LogP contribution in [-0.2, 0) is 17.5 Å². The Morgan fingerprint density at radius 1 is 1.27 bits per heavy atom. The second kappa shape index (κ2) is 6.91. The van der Waals surface area contributed by atoms with Crippen molar-refractivity contribution in [1.29, 1.82) is 0 Å². The molecule has 0 aliphatic rings. The van der Waals surface area contributed by atoms with Gasteiger partial charge in [-0.1, -0.05) is 12.1 Å². The number of alkyl halides is 3. The summed E-state index contributed by atoms with van der Waals surface area (Å²) in [4.78, 5) is 24.4. The van der Waals surface area contributed by atoms with Gasteiger partial charge in [-0.3, -0.25) is 9.59 Å². The average Bonchev–Trinajstić information content (AvgIpc) is 3.06. The number of nitrogens with one attached hydrogen (secondary N) is 1. The summed E-state index contributed by atoms with van der Waals surface area (Å²) in [5, 5.41) is 8.88. The highest BCUT2D eigenvalue weighted by Gasteiger charge is 2.30. The smallest absolute Gasteiger partial charge is 0.348 e. The second-order valence-corrected chi connectivity index (χ2v) is 6.66. The van der Waals surface area contributed by atoms with Crippen LogP contribution in [0, 0.1) is 0 Å². The number of aromatic nitrogens is 2. The molecule has 2 aromatic heterocycles. The highest BCUT2D eigenvalue weighted by Crippen LogP contribution is 2.29. The van der Waals surface area contributed by atoms with E-state index in [9.17, 15) is 22.8 Å². The van der Waals surface area contributed by atoms with Gasteiger partial charge >= 0.3 is 6.18 Å². The third-order valence-electron chi connectivity index (χ3n) is 3.88. The predicted octanol–water partition coefficient (Wildman–Crippen LogP) is 3.35. The minimum absolute atomic E-state index is 0.268. The Morgan fingerprint density at radius 2 is 1.96 bits per heavy atom. The number of carbonyl (C=O) groups is 1. The maximum Gasteiger partial charge on any atom is 0.416 e. The number of nitrogens with zero attached hydrogens (tertiary/aromatic N) is 2. The zero-order chi connectivity index (χ0) is 18.9. The minimum atomic E-state index is -4.40. The molecule has 136 valence electrons. The van der Waals surface area contributed by atoms with Crippen LogP contribution in [0.1, 0.15) is 24.1 Å². The SMILES string of the molecule is C[C@H](NC(=O)Cn1ncc2sccc2c1=O)c1ccc(C(F)(F)F)cc1. The molecule has 1 atom stereocenters. The molecule has 0 bridgehead atoms. The molecule has 5 nitrogen and oxygen atoms in total. The normalized spacial score (nSPS) is 12.9. The summed E-state index contributed by atoms with van der Waals surface area (Å²) in [6.45, 7) is 1.38. The van der Waals surface area contributed by atoms with Crippen molar-refractivity contribution in [1.82, 2.24) is 15.1 Å². The zero-order valence-corrected chi connectivity index (χ0v) is 14.4. The Balaban J connectivity index is 1.69. The Bertz CT molecular complexity index is 993. The van der Waals surface area contributed by atoms with E-state index < -0.39 is 23.7 Å². The van der Waals surface area contributed by atoms with E-state index in [2.05, 4.69) is 10.4 Å². The topological polar surface area (TPSA) is 64.0 Å². The van der Waals surface area contributed by atoms with Crippen molar-refractivity contribution in [2.45, 2.75) is 25.7 Å². The maximum absolute atomic E-state index is 12.6. The summed E-state index contributed by atoms with van der Waals surface area (Å²) in [7, 11) is 0. The lowest BCUT2D eigenvalue weighted by molar-refractivity contribution is -0.137. The van der Waals surface area contributed by atoms with Crippen LogP contribution in [0.5, 0.6) is 0 Å². The Kier molecular flexibility index (Phi) is 4.82. The number of rotatable bonds is 4. The molecular weight excluding hydrogens is 367 g/mol. The van der Waals surface area contributed by atoms with Gasteiger partial charge < -0.3 is 5.32 Å². The minimum Gasteiger partial charge on any atom is -0.348 e. The number of halogens is 3. The third kappa shape index (κ3) is 3.77. The molecule has 26 heavy (non-hydrogen) atoms. The van der Waals surface area contributed by atoms with Crippen LogP contribution in [-0.4, -0.2) is 15.7 Å². The first-order valence-corrected chi connectivity index (χ1v) is 8.53. The predicted molar refractivity (Wildman–Crippen MR) is 91.9 cm³/mol. The summed E-state index contributed by atoms with van der Waals surface area (Å²) < 4.78 is 39.6. The first-order valence-electron chi connectivity index (χ1n) is 7.65. The molecule has 1 amide bonds. The van der Waals surface area contributed by atoms with Gasteiger partial charge in [-0.15, -0.1) is 11.3 Å². The molecule has 3 aromatic rings. The summed E-state index contributed by atoms with van der Waals surface area (Å²) in [5.74, 6) is -0.457. The van der Waals surface area contributed by atoms with Crippen LogP contribution >= 0.6 is 11.3 Å². The maximum atomic E-state index is 12.6. The summed E-state index contributed by atoms with van der Waals surface area (Å²) in [5.41, 5.74) is -0.583. The van der Waals surface area contributed by atoms with Gasteiger partial charge in [-0.2, -0.15) is 18.3 Å². The van der Waals surface area contributed by atoms with E-state index in [-0.39, 0.29) is 12.1 Å². The van der Waals surface area contributed by atoms with Crippen LogP contribution in [0.15, 0.2) is 46.7 Å². The van der Waals surface area contributed by atoms with Crippen molar-refractivity contribution in [2.24, 2.45) is 0 Å². The van der Waals surface area contributed by atoms with Crippen LogP contribution in [0.25, 0.3) is 10.1 Å². The molecule has 0 unspecified atom stereocenters. The molecule has 1 aromatic carbocycles. The number of hydrogen-bond acceptors (Lipinski definition) is 4. The molecule has 0 spiro atoms. The highest BCUT2D eigenvalue weighted by molar-refractivity contribution is 7.17. The summed E-state index contributed by atoms with van der Waals surface area (Å²) >= 11 is 1.38. The lowest BCUT2D eigenvalue weighted by Gasteiger charge is -2.15. The molecule has 9 heteroatoms. The quantitative estimate of drug-likeness (QED) is 0.754. The van der Waals surface area contributed by atoms with E-state index >= 15 is 0 Å². The van der Waals surface area contributed by atoms with E-state index in [1.165, 1.54) is 29.7 Å². The van der Waals surface area contributed by atoms with E-state index in [4.69, 9.17) is 0 Å². The van der Waals surface area contributed by atoms with Gasteiger partial charge in [0, 0.05) is 0 Å². The van der Waals surface area contributed by atoms with Crippen LogP contribution < -0.4 is 10.9 Å². The lowest BCUT2D eigenvalue weighted by atomic mass is 10.1. The number of fused-ring (bicyclic) bond motifs is 1. The van der Waals surface area contributed by atoms with E-state index in [0.717, 1.165) is 21.5 Å². The zero-order valence-electron chi connectivity index (χ0n) is 13.6. The first kappa shape index (κ1) is 18.1. The molecule has 0 fully saturated rings. The van der Waals surface area contributed by atoms with E-state index in [1.54, 1.807) is 18.4 Å². The van der Waals surface area contributed by atoms with E-state index in [0.29, 0.717) is 10.9 Å². The largest absolute Gasteiger partial charge is 0.416 e. The Hall–Kier alpha value is -2.68.